The summed E-state index contributed by atoms with van der Waals surface area (Å²) in [7, 11) is 1.48. The molecule has 5 nitrogen and oxygen atoms in total. The van der Waals surface area contributed by atoms with Crippen LogP contribution in [0.2, 0.25) is 0 Å². The van der Waals surface area contributed by atoms with E-state index in [1.807, 2.05) is 0 Å². The third-order valence-corrected chi connectivity index (χ3v) is 1.58. The minimum Gasteiger partial charge on any atom is -0.493 e. The van der Waals surface area contributed by atoms with Crippen LogP contribution in [0.1, 0.15) is 0 Å². The largest absolute Gasteiger partial charge is 0.493 e. The number of ether oxygens (including phenoxy) is 2. The van der Waals surface area contributed by atoms with Gasteiger partial charge < -0.3 is 14.8 Å². The van der Waals surface area contributed by atoms with E-state index in [2.05, 4.69) is 5.32 Å². The van der Waals surface area contributed by atoms with Gasteiger partial charge in [0.25, 0.3) is 0 Å². The highest BCUT2D eigenvalue weighted by Gasteiger charge is 2.07. The van der Waals surface area contributed by atoms with Crippen molar-refractivity contribution in [3.05, 3.63) is 24.3 Å². The predicted molar refractivity (Wildman–Crippen MR) is 52.6 cm³/mol. The average Bonchev–Trinajstić information content (AvgIpc) is 2.27. The van der Waals surface area contributed by atoms with Gasteiger partial charge >= 0.3 is 6.09 Å². The van der Waals surface area contributed by atoms with Gasteiger partial charge in [-0.15, -0.1) is 0 Å². The van der Waals surface area contributed by atoms with Crippen molar-refractivity contribution < 1.29 is 14.3 Å². The highest BCUT2D eigenvalue weighted by molar-refractivity contribution is 5.71. The summed E-state index contributed by atoms with van der Waals surface area (Å²) in [5, 5.41) is 10.5. The third-order valence-electron chi connectivity index (χ3n) is 1.58. The van der Waals surface area contributed by atoms with Gasteiger partial charge in [-0.1, -0.05) is 12.1 Å². The summed E-state index contributed by atoms with van der Waals surface area (Å²) < 4.78 is 9.89. The summed E-state index contributed by atoms with van der Waals surface area (Å²) in [5.74, 6) is 0.778. The quantitative estimate of drug-likeness (QED) is 0.757. The highest BCUT2D eigenvalue weighted by atomic mass is 16.6. The fourth-order valence-electron chi connectivity index (χ4n) is 0.951. The second kappa shape index (κ2) is 5.50. The number of carbonyl (C=O) groups is 1. The Balaban J connectivity index is 2.64. The van der Waals surface area contributed by atoms with Crippen LogP contribution in [0.25, 0.3) is 0 Å². The van der Waals surface area contributed by atoms with Gasteiger partial charge in [0.15, 0.2) is 11.5 Å². The summed E-state index contributed by atoms with van der Waals surface area (Å²) >= 11 is 0. The third kappa shape index (κ3) is 3.19. The maximum atomic E-state index is 11.1. The van der Waals surface area contributed by atoms with E-state index in [0.717, 1.165) is 0 Å². The van der Waals surface area contributed by atoms with Gasteiger partial charge in [-0.05, 0) is 12.1 Å². The van der Waals surface area contributed by atoms with E-state index in [9.17, 15) is 4.79 Å². The number of methoxy groups -OCH3 is 1. The van der Waals surface area contributed by atoms with Crippen LogP contribution in [0, 0.1) is 11.3 Å². The molecule has 5 heteroatoms. The molecule has 0 radical (unpaired) electrons. The van der Waals surface area contributed by atoms with Crippen molar-refractivity contribution in [2.24, 2.45) is 0 Å². The average molecular weight is 206 g/mol. The molecule has 0 aliphatic carbocycles. The van der Waals surface area contributed by atoms with Crippen molar-refractivity contribution in [1.29, 1.82) is 5.26 Å². The smallest absolute Gasteiger partial charge is 0.413 e. The maximum absolute atomic E-state index is 11.1. The number of nitrogens with zero attached hydrogens (tertiary/aromatic N) is 1. The Morgan fingerprint density at radius 3 is 2.73 bits per heavy atom. The Labute approximate surface area is 87.2 Å². The van der Waals surface area contributed by atoms with Crippen LogP contribution in [0.4, 0.5) is 4.79 Å². The molecule has 78 valence electrons. The van der Waals surface area contributed by atoms with Gasteiger partial charge in [0.1, 0.15) is 6.54 Å². The van der Waals surface area contributed by atoms with Crippen molar-refractivity contribution in [2.45, 2.75) is 0 Å². The number of benzene rings is 1. The number of amides is 1. The summed E-state index contributed by atoms with van der Waals surface area (Å²) in [5.41, 5.74) is 0. The standard InChI is InChI=1S/C10H10N2O3/c1-14-8-4-2-3-5-9(8)15-10(13)12-7-6-11/h2-5H,7H2,1H3,(H,12,13). The minimum absolute atomic E-state index is 0.0893. The molecule has 0 aliphatic rings. The lowest BCUT2D eigenvalue weighted by Crippen LogP contribution is -2.27. The van der Waals surface area contributed by atoms with E-state index < -0.39 is 6.09 Å². The van der Waals surface area contributed by atoms with Crippen LogP contribution in [0.15, 0.2) is 24.3 Å². The van der Waals surface area contributed by atoms with Gasteiger partial charge in [-0.3, -0.25) is 0 Å². The first-order valence-electron chi connectivity index (χ1n) is 4.23. The lowest BCUT2D eigenvalue weighted by molar-refractivity contribution is 0.199. The van der Waals surface area contributed by atoms with Gasteiger partial charge in [0.2, 0.25) is 0 Å². The van der Waals surface area contributed by atoms with Crippen LogP contribution < -0.4 is 14.8 Å². The Bertz CT molecular complexity index is 384. The Kier molecular flexibility index (Phi) is 3.98. The molecule has 15 heavy (non-hydrogen) atoms. The van der Waals surface area contributed by atoms with Gasteiger partial charge in [-0.2, -0.15) is 5.26 Å². The normalized spacial score (nSPS) is 8.80. The molecule has 1 aromatic carbocycles. The molecular weight excluding hydrogens is 196 g/mol. The molecule has 0 aliphatic heterocycles. The topological polar surface area (TPSA) is 71.3 Å². The fourth-order valence-corrected chi connectivity index (χ4v) is 0.951. The van der Waals surface area contributed by atoms with Crippen molar-refractivity contribution >= 4 is 6.09 Å². The lowest BCUT2D eigenvalue weighted by atomic mass is 10.3. The second-order valence-electron chi connectivity index (χ2n) is 2.55. The van der Waals surface area contributed by atoms with Gasteiger partial charge in [0, 0.05) is 0 Å². The monoisotopic (exact) mass is 206 g/mol. The first kappa shape index (κ1) is 10.9. The zero-order valence-electron chi connectivity index (χ0n) is 8.19. The van der Waals surface area contributed by atoms with E-state index in [4.69, 9.17) is 14.7 Å². The van der Waals surface area contributed by atoms with Crippen LogP contribution in [0.3, 0.4) is 0 Å². The summed E-state index contributed by atoms with van der Waals surface area (Å²) in [6.07, 6.45) is -0.680. The molecule has 0 unspecified atom stereocenters. The summed E-state index contributed by atoms with van der Waals surface area (Å²) in [6.45, 7) is -0.0893. The van der Waals surface area contributed by atoms with E-state index in [1.54, 1.807) is 30.3 Å². The first-order valence-corrected chi connectivity index (χ1v) is 4.23. The van der Waals surface area contributed by atoms with Crippen LogP contribution in [0.5, 0.6) is 11.5 Å². The second-order valence-corrected chi connectivity index (χ2v) is 2.55. The van der Waals surface area contributed by atoms with E-state index in [0.29, 0.717) is 11.5 Å². The maximum Gasteiger partial charge on any atom is 0.413 e. The zero-order chi connectivity index (χ0) is 11.1. The number of nitriles is 1. The number of hydrogen-bond donors (Lipinski definition) is 1. The minimum atomic E-state index is -0.680. The van der Waals surface area contributed by atoms with E-state index in [1.165, 1.54) is 7.11 Å². The number of para-hydroxylation sites is 2. The molecular formula is C10H10N2O3. The van der Waals surface area contributed by atoms with Crippen molar-refractivity contribution in [3.8, 4) is 17.6 Å². The molecule has 0 spiro atoms. The van der Waals surface area contributed by atoms with Crippen LogP contribution >= 0.6 is 0 Å². The van der Waals surface area contributed by atoms with Gasteiger partial charge in [0.05, 0.1) is 13.2 Å². The summed E-state index contributed by atoms with van der Waals surface area (Å²) in [6, 6.07) is 8.53. The Hall–Kier alpha value is -2.22. The first-order chi connectivity index (χ1) is 7.27. The number of nitrogens with one attached hydrogen (secondary N) is 1. The highest BCUT2D eigenvalue weighted by Crippen LogP contribution is 2.25. The Morgan fingerprint density at radius 2 is 2.13 bits per heavy atom. The predicted octanol–water partition coefficient (Wildman–Crippen LogP) is 1.31. The molecule has 0 bridgehead atoms. The molecule has 0 saturated carbocycles. The number of hydrogen-bond acceptors (Lipinski definition) is 4. The molecule has 0 fully saturated rings. The van der Waals surface area contributed by atoms with Crippen molar-refractivity contribution in [2.75, 3.05) is 13.7 Å². The number of rotatable bonds is 3. The molecule has 0 aromatic heterocycles. The van der Waals surface area contributed by atoms with Crippen molar-refractivity contribution in [1.82, 2.24) is 5.32 Å². The molecule has 1 aromatic rings. The lowest BCUT2D eigenvalue weighted by Gasteiger charge is -2.07. The Morgan fingerprint density at radius 1 is 1.47 bits per heavy atom. The zero-order valence-corrected chi connectivity index (χ0v) is 8.19. The molecule has 0 atom stereocenters. The van der Waals surface area contributed by atoms with Crippen molar-refractivity contribution in [3.63, 3.8) is 0 Å². The molecule has 0 heterocycles. The summed E-state index contributed by atoms with van der Waals surface area (Å²) in [4.78, 5) is 11.1. The molecule has 0 saturated heterocycles. The SMILES string of the molecule is COc1ccccc1OC(=O)NCC#N. The molecule has 1 N–H and O–H groups in total. The van der Waals surface area contributed by atoms with Crippen LogP contribution in [-0.2, 0) is 0 Å². The molecule has 1 rings (SSSR count). The van der Waals surface area contributed by atoms with E-state index in [-0.39, 0.29) is 6.54 Å². The van der Waals surface area contributed by atoms with Gasteiger partial charge in [-0.25, -0.2) is 4.79 Å². The van der Waals surface area contributed by atoms with E-state index >= 15 is 0 Å². The van der Waals surface area contributed by atoms with Crippen LogP contribution in [-0.4, -0.2) is 19.7 Å². The fraction of sp³-hybridized carbons (Fsp3) is 0.200. The molecule has 1 amide bonds. The number of carbonyl (C=O) groups excluding carboxylic acids is 1.